The molecule has 0 aromatic heterocycles. The van der Waals surface area contributed by atoms with Crippen LogP contribution in [-0.2, 0) is 31.8 Å². The molecule has 41 heavy (non-hydrogen) atoms. The minimum absolute atomic E-state index is 0.217. The standard InChI is InChI=1S/C33H41ClN2O5/c1-23-30(37)35(2)17-8-6-4-5-7-9-18-36-21-32(16-10-11-24-19-26(34)13-14-27(24)32)22-41-29-15-12-25(20-28(29)36)33(23,39)31(38)40-3/h6,8,12-15,19-20,23,39H,4-5,7,9-11,16-18,21-22H2,1-3H3/b8-6-/t23-,32+,33+/m1/s1. The van der Waals surface area contributed by atoms with E-state index in [9.17, 15) is 14.7 Å². The van der Waals surface area contributed by atoms with E-state index in [-0.39, 0.29) is 11.3 Å². The van der Waals surface area contributed by atoms with Crippen LogP contribution >= 0.6 is 11.6 Å². The van der Waals surface area contributed by atoms with Gasteiger partial charge in [-0.2, -0.15) is 0 Å². The third-order valence-electron chi connectivity index (χ3n) is 9.19. The maximum Gasteiger partial charge on any atom is 0.343 e. The van der Waals surface area contributed by atoms with Crippen molar-refractivity contribution in [1.82, 2.24) is 4.90 Å². The van der Waals surface area contributed by atoms with E-state index in [1.54, 1.807) is 20.0 Å². The molecule has 3 atom stereocenters. The van der Waals surface area contributed by atoms with Gasteiger partial charge in [-0.05, 0) is 86.4 Å². The summed E-state index contributed by atoms with van der Waals surface area (Å²) in [4.78, 5) is 30.5. The molecule has 2 aromatic rings. The maximum absolute atomic E-state index is 13.4. The summed E-state index contributed by atoms with van der Waals surface area (Å²) < 4.78 is 11.6. The summed E-state index contributed by atoms with van der Waals surface area (Å²) in [5.41, 5.74) is 1.32. The number of carbonyl (C=O) groups excluding carboxylic acids is 2. The molecule has 0 saturated carbocycles. The number of aryl methyl sites for hydroxylation is 1. The van der Waals surface area contributed by atoms with E-state index in [1.165, 1.54) is 23.1 Å². The molecule has 7 nitrogen and oxygen atoms in total. The van der Waals surface area contributed by atoms with Crippen LogP contribution in [0.2, 0.25) is 5.02 Å². The Kier molecular flexibility index (Phi) is 8.67. The number of hydrogen-bond donors (Lipinski definition) is 1. The Labute approximate surface area is 248 Å². The Morgan fingerprint density at radius 3 is 2.76 bits per heavy atom. The number of allylic oxidation sites excluding steroid dienone is 1. The van der Waals surface area contributed by atoms with E-state index in [2.05, 4.69) is 23.1 Å². The Morgan fingerprint density at radius 2 is 1.95 bits per heavy atom. The Balaban J connectivity index is 1.61. The lowest BCUT2D eigenvalue weighted by molar-refractivity contribution is -0.175. The molecule has 2 bridgehead atoms. The zero-order valence-corrected chi connectivity index (χ0v) is 25.1. The summed E-state index contributed by atoms with van der Waals surface area (Å²) in [5, 5.41) is 12.7. The van der Waals surface area contributed by atoms with Gasteiger partial charge < -0.3 is 24.4 Å². The average Bonchev–Trinajstić information content (AvgIpc) is 3.13. The number of fused-ring (bicyclic) bond motifs is 3. The van der Waals surface area contributed by atoms with Crippen molar-refractivity contribution >= 4 is 29.2 Å². The molecular weight excluding hydrogens is 540 g/mol. The zero-order valence-electron chi connectivity index (χ0n) is 24.3. The highest BCUT2D eigenvalue weighted by atomic mass is 35.5. The molecule has 0 saturated heterocycles. The van der Waals surface area contributed by atoms with Crippen molar-refractivity contribution in [2.45, 2.75) is 62.9 Å². The van der Waals surface area contributed by atoms with Crippen molar-refractivity contribution in [3.63, 3.8) is 0 Å². The summed E-state index contributed by atoms with van der Waals surface area (Å²) in [6.45, 7) is 4.06. The normalized spacial score (nSPS) is 27.9. The summed E-state index contributed by atoms with van der Waals surface area (Å²) in [5.74, 6) is -1.56. The number of hydrogen-bond acceptors (Lipinski definition) is 6. The van der Waals surface area contributed by atoms with Gasteiger partial charge in [-0.1, -0.05) is 42.3 Å². The predicted octanol–water partition coefficient (Wildman–Crippen LogP) is 5.40. The highest BCUT2D eigenvalue weighted by Crippen LogP contribution is 2.46. The van der Waals surface area contributed by atoms with Gasteiger partial charge in [0.1, 0.15) is 5.75 Å². The molecule has 2 aliphatic heterocycles. The van der Waals surface area contributed by atoms with E-state index in [0.717, 1.165) is 68.7 Å². The zero-order chi connectivity index (χ0) is 29.2. The van der Waals surface area contributed by atoms with Crippen molar-refractivity contribution in [2.75, 3.05) is 45.3 Å². The first-order chi connectivity index (χ1) is 19.7. The third kappa shape index (κ3) is 5.59. The number of benzene rings is 2. The fourth-order valence-electron chi connectivity index (χ4n) is 6.78. The maximum atomic E-state index is 13.4. The van der Waals surface area contributed by atoms with Gasteiger partial charge >= 0.3 is 5.97 Å². The van der Waals surface area contributed by atoms with Crippen LogP contribution in [0.4, 0.5) is 5.69 Å². The molecular formula is C33H41ClN2O5. The first-order valence-corrected chi connectivity index (χ1v) is 15.1. The summed E-state index contributed by atoms with van der Waals surface area (Å²) >= 11 is 6.38. The van der Waals surface area contributed by atoms with Gasteiger partial charge in [0.25, 0.3) is 0 Å². The number of ether oxygens (including phenoxy) is 2. The lowest BCUT2D eigenvalue weighted by Crippen LogP contribution is -2.50. The molecule has 3 aliphatic rings. The van der Waals surface area contributed by atoms with E-state index in [4.69, 9.17) is 21.1 Å². The number of aliphatic hydroxyl groups is 1. The number of anilines is 1. The predicted molar refractivity (Wildman–Crippen MR) is 161 cm³/mol. The number of nitrogens with zero attached hydrogens (tertiary/aromatic N) is 2. The van der Waals surface area contributed by atoms with Crippen LogP contribution in [0.1, 0.15) is 62.1 Å². The van der Waals surface area contributed by atoms with Crippen LogP contribution in [0, 0.1) is 5.92 Å². The Bertz CT molecular complexity index is 1330. The monoisotopic (exact) mass is 580 g/mol. The molecule has 2 aromatic carbocycles. The third-order valence-corrected chi connectivity index (χ3v) is 9.43. The molecule has 1 spiro atoms. The molecule has 1 N–H and O–H groups in total. The first-order valence-electron chi connectivity index (χ1n) is 14.7. The second kappa shape index (κ2) is 12.1. The number of rotatable bonds is 1. The van der Waals surface area contributed by atoms with Gasteiger partial charge in [-0.3, -0.25) is 4.79 Å². The van der Waals surface area contributed by atoms with Crippen molar-refractivity contribution in [2.24, 2.45) is 5.92 Å². The fourth-order valence-corrected chi connectivity index (χ4v) is 6.97. The van der Waals surface area contributed by atoms with Crippen molar-refractivity contribution in [3.8, 4) is 5.75 Å². The number of likely N-dealkylation sites (N-methyl/N-ethyl adjacent to an activating group) is 1. The number of methoxy groups -OCH3 is 1. The van der Waals surface area contributed by atoms with Gasteiger partial charge in [0.05, 0.1) is 25.3 Å². The number of amides is 1. The number of esters is 1. The SMILES string of the molecule is COC(=O)[C@@]1(O)c2ccc3c(c2)N(CCCCC/C=C\CN(C)C(=O)[C@H]1C)C[C@@]1(CCCc2cc(Cl)ccc21)CO3. The summed E-state index contributed by atoms with van der Waals surface area (Å²) in [6.07, 6.45) is 11.2. The minimum atomic E-state index is -2.17. The quantitative estimate of drug-likeness (QED) is 0.359. The van der Waals surface area contributed by atoms with E-state index in [1.807, 2.05) is 24.3 Å². The lowest BCUT2D eigenvalue weighted by Gasteiger charge is -2.41. The highest BCUT2D eigenvalue weighted by molar-refractivity contribution is 6.30. The average molecular weight is 581 g/mol. The van der Waals surface area contributed by atoms with E-state index >= 15 is 0 Å². The van der Waals surface area contributed by atoms with Gasteiger partial charge in [0.2, 0.25) is 5.91 Å². The lowest BCUT2D eigenvalue weighted by atomic mass is 9.70. The smallest absolute Gasteiger partial charge is 0.343 e. The van der Waals surface area contributed by atoms with Crippen LogP contribution in [0.5, 0.6) is 5.75 Å². The molecule has 5 rings (SSSR count). The Morgan fingerprint density at radius 1 is 1.12 bits per heavy atom. The van der Waals surface area contributed by atoms with Crippen LogP contribution in [0.3, 0.4) is 0 Å². The van der Waals surface area contributed by atoms with Crippen molar-refractivity contribution in [3.05, 3.63) is 70.3 Å². The molecule has 0 radical (unpaired) electrons. The van der Waals surface area contributed by atoms with Crippen LogP contribution < -0.4 is 9.64 Å². The van der Waals surface area contributed by atoms with Crippen LogP contribution in [0.25, 0.3) is 0 Å². The molecule has 0 unspecified atom stereocenters. The molecule has 8 heteroatoms. The van der Waals surface area contributed by atoms with Gasteiger partial charge in [0, 0.05) is 37.1 Å². The van der Waals surface area contributed by atoms with Crippen LogP contribution in [0.15, 0.2) is 48.6 Å². The second-order valence-corrected chi connectivity index (χ2v) is 12.3. The molecule has 2 heterocycles. The van der Waals surface area contributed by atoms with Crippen molar-refractivity contribution in [1.29, 1.82) is 0 Å². The highest BCUT2D eigenvalue weighted by Gasteiger charge is 2.50. The topological polar surface area (TPSA) is 79.3 Å². The van der Waals surface area contributed by atoms with Crippen molar-refractivity contribution < 1.29 is 24.2 Å². The largest absolute Gasteiger partial charge is 0.490 e. The van der Waals surface area contributed by atoms with Crippen LogP contribution in [-0.4, -0.2) is 62.3 Å². The summed E-state index contributed by atoms with van der Waals surface area (Å²) in [7, 11) is 2.92. The first kappa shape index (κ1) is 29.5. The van der Waals surface area contributed by atoms with E-state index in [0.29, 0.717) is 24.5 Å². The summed E-state index contributed by atoms with van der Waals surface area (Å²) in [6, 6.07) is 11.5. The van der Waals surface area contributed by atoms with Gasteiger partial charge in [-0.25, -0.2) is 4.79 Å². The molecule has 1 amide bonds. The van der Waals surface area contributed by atoms with Gasteiger partial charge in [0.15, 0.2) is 5.60 Å². The van der Waals surface area contributed by atoms with E-state index < -0.39 is 17.5 Å². The van der Waals surface area contributed by atoms with Gasteiger partial charge in [-0.15, -0.1) is 0 Å². The minimum Gasteiger partial charge on any atom is -0.490 e. The number of carbonyl (C=O) groups is 2. The molecule has 0 fully saturated rings. The number of halogens is 1. The second-order valence-electron chi connectivity index (χ2n) is 11.8. The molecule has 220 valence electrons. The fraction of sp³-hybridized carbons (Fsp3) is 0.515. The Hall–Kier alpha value is -3.03. The molecule has 1 aliphatic carbocycles.